The minimum absolute atomic E-state index is 0.0981. The molecular formula is C21H25N5O3. The van der Waals surface area contributed by atoms with Crippen LogP contribution in [0.1, 0.15) is 42.6 Å². The SMILES string of the molecule is C[C@H](C(=O)c1ccccc1)n1c(N2CCCCC2)nc2c1c(=O)n(C)c(=O)n2C. The summed E-state index contributed by atoms with van der Waals surface area (Å²) in [4.78, 5) is 45.5. The molecule has 0 unspecified atom stereocenters. The van der Waals surface area contributed by atoms with Crippen molar-refractivity contribution in [3.05, 3.63) is 56.7 Å². The average Bonchev–Trinajstić information content (AvgIpc) is 3.17. The summed E-state index contributed by atoms with van der Waals surface area (Å²) in [7, 11) is 3.05. The Kier molecular flexibility index (Phi) is 4.86. The molecule has 1 atom stereocenters. The molecule has 3 heterocycles. The third-order valence-electron chi connectivity index (χ3n) is 5.74. The number of Topliss-reactive ketones (excluding diaryl/α,β-unsaturated/α-hetero) is 1. The van der Waals surface area contributed by atoms with Gasteiger partial charge >= 0.3 is 5.69 Å². The largest absolute Gasteiger partial charge is 0.342 e. The van der Waals surface area contributed by atoms with E-state index in [4.69, 9.17) is 0 Å². The number of rotatable bonds is 4. The van der Waals surface area contributed by atoms with Crippen LogP contribution in [0.25, 0.3) is 11.2 Å². The Labute approximate surface area is 168 Å². The standard InChI is InChI=1S/C21H25N5O3/c1-14(17(27)15-10-6-4-7-11-15)26-16-18(23(2)21(29)24(3)19(16)28)22-20(26)25-12-8-5-9-13-25/h4,6-7,10-11,14H,5,8-9,12-13H2,1-3H3/t14-/m1/s1. The number of benzene rings is 1. The first-order valence-electron chi connectivity index (χ1n) is 9.94. The van der Waals surface area contributed by atoms with E-state index < -0.39 is 17.3 Å². The lowest BCUT2D eigenvalue weighted by Crippen LogP contribution is -2.38. The van der Waals surface area contributed by atoms with Crippen LogP contribution in [0.5, 0.6) is 0 Å². The Hall–Kier alpha value is -3.16. The second kappa shape index (κ2) is 7.35. The van der Waals surface area contributed by atoms with E-state index in [0.717, 1.165) is 36.9 Å². The number of imidazole rings is 1. The zero-order chi connectivity index (χ0) is 20.7. The number of anilines is 1. The Balaban J connectivity index is 1.98. The number of hydrogen-bond donors (Lipinski definition) is 0. The zero-order valence-electron chi connectivity index (χ0n) is 17.0. The van der Waals surface area contributed by atoms with Crippen molar-refractivity contribution in [2.24, 2.45) is 14.1 Å². The predicted octanol–water partition coefficient (Wildman–Crippen LogP) is 1.87. The Morgan fingerprint density at radius 3 is 2.31 bits per heavy atom. The molecule has 0 aliphatic carbocycles. The summed E-state index contributed by atoms with van der Waals surface area (Å²) in [5.74, 6) is 0.480. The van der Waals surface area contributed by atoms with Crippen molar-refractivity contribution in [3.63, 3.8) is 0 Å². The van der Waals surface area contributed by atoms with Gasteiger partial charge in [0.05, 0.1) is 6.04 Å². The molecule has 0 amide bonds. The molecule has 1 aliphatic rings. The highest BCUT2D eigenvalue weighted by molar-refractivity contribution is 5.99. The molecule has 1 fully saturated rings. The molecule has 2 aromatic heterocycles. The van der Waals surface area contributed by atoms with E-state index in [9.17, 15) is 14.4 Å². The van der Waals surface area contributed by atoms with Crippen molar-refractivity contribution in [1.82, 2.24) is 18.7 Å². The highest BCUT2D eigenvalue weighted by Gasteiger charge is 2.29. The van der Waals surface area contributed by atoms with Crippen LogP contribution in [0, 0.1) is 0 Å². The summed E-state index contributed by atoms with van der Waals surface area (Å²) in [6.45, 7) is 3.40. The van der Waals surface area contributed by atoms with Gasteiger partial charge in [-0.15, -0.1) is 0 Å². The third kappa shape index (κ3) is 3.08. The van der Waals surface area contributed by atoms with Crippen molar-refractivity contribution >= 4 is 22.9 Å². The molecule has 0 radical (unpaired) electrons. The first-order valence-corrected chi connectivity index (χ1v) is 9.94. The van der Waals surface area contributed by atoms with Gasteiger partial charge in [0.15, 0.2) is 16.9 Å². The van der Waals surface area contributed by atoms with Crippen molar-refractivity contribution in [1.29, 1.82) is 0 Å². The highest BCUT2D eigenvalue weighted by Crippen LogP contribution is 2.28. The second-order valence-electron chi connectivity index (χ2n) is 7.61. The van der Waals surface area contributed by atoms with Crippen LogP contribution < -0.4 is 16.1 Å². The molecular weight excluding hydrogens is 370 g/mol. The lowest BCUT2D eigenvalue weighted by atomic mass is 10.1. The van der Waals surface area contributed by atoms with Gasteiger partial charge in [-0.2, -0.15) is 4.98 Å². The van der Waals surface area contributed by atoms with Crippen molar-refractivity contribution in [2.75, 3.05) is 18.0 Å². The second-order valence-corrected chi connectivity index (χ2v) is 7.61. The van der Waals surface area contributed by atoms with E-state index in [-0.39, 0.29) is 11.3 Å². The minimum Gasteiger partial charge on any atom is -0.342 e. The molecule has 1 aliphatic heterocycles. The Morgan fingerprint density at radius 2 is 1.66 bits per heavy atom. The highest BCUT2D eigenvalue weighted by atomic mass is 16.2. The van der Waals surface area contributed by atoms with Crippen molar-refractivity contribution < 1.29 is 4.79 Å². The average molecular weight is 395 g/mol. The first kappa shape index (κ1) is 19.2. The van der Waals surface area contributed by atoms with Crippen molar-refractivity contribution in [3.8, 4) is 0 Å². The van der Waals surface area contributed by atoms with E-state index in [1.54, 1.807) is 30.7 Å². The number of nitrogens with zero attached hydrogens (tertiary/aromatic N) is 5. The maximum absolute atomic E-state index is 13.2. The number of aryl methyl sites for hydroxylation is 1. The van der Waals surface area contributed by atoms with Gasteiger partial charge in [0.25, 0.3) is 5.56 Å². The fraction of sp³-hybridized carbons (Fsp3) is 0.429. The maximum Gasteiger partial charge on any atom is 0.332 e. The van der Waals surface area contributed by atoms with Crippen LogP contribution in [0.4, 0.5) is 5.95 Å². The van der Waals surface area contributed by atoms with Crippen LogP contribution in [-0.4, -0.2) is 37.6 Å². The van der Waals surface area contributed by atoms with Crippen LogP contribution >= 0.6 is 0 Å². The zero-order valence-corrected chi connectivity index (χ0v) is 17.0. The summed E-state index contributed by atoms with van der Waals surface area (Å²) in [5, 5.41) is 0. The molecule has 4 rings (SSSR count). The molecule has 1 saturated heterocycles. The number of aromatic nitrogens is 4. The number of carbonyl (C=O) groups is 1. The number of piperidine rings is 1. The molecule has 0 saturated carbocycles. The van der Waals surface area contributed by atoms with Gasteiger partial charge < -0.3 is 4.90 Å². The van der Waals surface area contributed by atoms with Gasteiger partial charge in [0, 0.05) is 32.7 Å². The number of carbonyl (C=O) groups excluding carboxylic acids is 1. The van der Waals surface area contributed by atoms with E-state index in [2.05, 4.69) is 9.88 Å². The molecule has 1 aromatic carbocycles. The lowest BCUT2D eigenvalue weighted by Gasteiger charge is -2.29. The van der Waals surface area contributed by atoms with Crippen LogP contribution in [0.2, 0.25) is 0 Å². The molecule has 3 aromatic rings. The van der Waals surface area contributed by atoms with Gasteiger partial charge in [-0.25, -0.2) is 4.79 Å². The lowest BCUT2D eigenvalue weighted by molar-refractivity contribution is 0.0937. The molecule has 0 N–H and O–H groups in total. The summed E-state index contributed by atoms with van der Waals surface area (Å²) < 4.78 is 4.17. The van der Waals surface area contributed by atoms with Gasteiger partial charge in [-0.3, -0.25) is 23.3 Å². The smallest absolute Gasteiger partial charge is 0.332 e. The summed E-state index contributed by atoms with van der Waals surface area (Å²) in [6.07, 6.45) is 3.21. The summed E-state index contributed by atoms with van der Waals surface area (Å²) >= 11 is 0. The summed E-state index contributed by atoms with van der Waals surface area (Å²) in [6, 6.07) is 8.40. The predicted molar refractivity (Wildman–Crippen MR) is 112 cm³/mol. The first-order chi connectivity index (χ1) is 13.9. The Morgan fingerprint density at radius 1 is 1.00 bits per heavy atom. The van der Waals surface area contributed by atoms with Gasteiger partial charge in [-0.05, 0) is 26.2 Å². The van der Waals surface area contributed by atoms with Crippen LogP contribution in [-0.2, 0) is 14.1 Å². The maximum atomic E-state index is 13.2. The fourth-order valence-corrected chi connectivity index (χ4v) is 4.05. The molecule has 8 heteroatoms. The normalized spacial score (nSPS) is 15.6. The van der Waals surface area contributed by atoms with E-state index in [1.807, 2.05) is 18.2 Å². The fourth-order valence-electron chi connectivity index (χ4n) is 4.05. The Bertz CT molecular complexity index is 1180. The molecule has 8 nitrogen and oxygen atoms in total. The van der Waals surface area contributed by atoms with Gasteiger partial charge in [-0.1, -0.05) is 30.3 Å². The number of fused-ring (bicyclic) bond motifs is 1. The van der Waals surface area contributed by atoms with E-state index >= 15 is 0 Å². The van der Waals surface area contributed by atoms with E-state index in [1.165, 1.54) is 11.6 Å². The topological polar surface area (TPSA) is 82.1 Å². The number of ketones is 1. The molecule has 152 valence electrons. The molecule has 0 bridgehead atoms. The van der Waals surface area contributed by atoms with Crippen LogP contribution in [0.15, 0.2) is 39.9 Å². The molecule has 0 spiro atoms. The van der Waals surface area contributed by atoms with Gasteiger partial charge in [0.1, 0.15) is 0 Å². The van der Waals surface area contributed by atoms with Crippen molar-refractivity contribution in [2.45, 2.75) is 32.2 Å². The molecule has 29 heavy (non-hydrogen) atoms. The van der Waals surface area contributed by atoms with Gasteiger partial charge in [0.2, 0.25) is 5.95 Å². The van der Waals surface area contributed by atoms with Crippen LogP contribution in [0.3, 0.4) is 0 Å². The minimum atomic E-state index is -0.635. The third-order valence-corrected chi connectivity index (χ3v) is 5.74. The monoisotopic (exact) mass is 395 g/mol. The van der Waals surface area contributed by atoms with E-state index in [0.29, 0.717) is 17.2 Å². The summed E-state index contributed by atoms with van der Waals surface area (Å²) in [5.41, 5.74) is 0.303. The number of hydrogen-bond acceptors (Lipinski definition) is 5. The quantitative estimate of drug-likeness (QED) is 0.630.